The van der Waals surface area contributed by atoms with Gasteiger partial charge in [0.25, 0.3) is 0 Å². The van der Waals surface area contributed by atoms with E-state index < -0.39 is 12.1 Å². The van der Waals surface area contributed by atoms with Crippen LogP contribution in [0.25, 0.3) is 0 Å². The summed E-state index contributed by atoms with van der Waals surface area (Å²) in [6.07, 6.45) is 16.2. The molecule has 1 unspecified atom stereocenters. The first-order chi connectivity index (χ1) is 12.6. The number of carboxylic acid groups (broad SMARTS) is 1. The minimum atomic E-state index is -5.08. The first-order valence-corrected chi connectivity index (χ1v) is 11.3. The number of alkyl halides is 3. The molecular weight excluding hydrogens is 372 g/mol. The van der Waals surface area contributed by atoms with Crippen molar-refractivity contribution in [1.82, 2.24) is 0 Å². The van der Waals surface area contributed by atoms with Gasteiger partial charge in [-0.2, -0.15) is 13.2 Å². The molecule has 0 amide bonds. The summed E-state index contributed by atoms with van der Waals surface area (Å²) >= 11 is 0. The molecule has 1 atom stereocenters. The maximum absolute atomic E-state index is 10.6. The lowest BCUT2D eigenvalue weighted by molar-refractivity contribution is -0.192. The predicted molar refractivity (Wildman–Crippen MR) is 112 cm³/mol. The van der Waals surface area contributed by atoms with Gasteiger partial charge in [0.05, 0.1) is 0 Å². The summed E-state index contributed by atoms with van der Waals surface area (Å²) in [4.78, 5) is 8.90. The van der Waals surface area contributed by atoms with Crippen LogP contribution < -0.4 is 0 Å². The molecule has 164 valence electrons. The van der Waals surface area contributed by atoms with Crippen LogP contribution in [0.5, 0.6) is 0 Å². The predicted octanol–water partition coefficient (Wildman–Crippen LogP) is 8.14. The van der Waals surface area contributed by atoms with Crippen molar-refractivity contribution < 1.29 is 23.1 Å². The normalized spacial score (nSPS) is 11.8. The molecule has 0 aliphatic carbocycles. The lowest BCUT2D eigenvalue weighted by atomic mass is 9.88. The monoisotopic (exact) mass is 414 g/mol. The molecule has 0 aliphatic heterocycles. The average Bonchev–Trinajstić information content (AvgIpc) is 2.59. The Morgan fingerprint density at radius 3 is 1.15 bits per heavy atom. The second kappa shape index (κ2) is 17.8. The Hall–Kier alpha value is -0.310. The maximum atomic E-state index is 10.6. The fraction of sp³-hybridized carbons (Fsp3) is 0.952. The molecule has 0 aromatic carbocycles. The Morgan fingerprint density at radius 2 is 0.963 bits per heavy atom. The van der Waals surface area contributed by atoms with Crippen LogP contribution in [-0.4, -0.2) is 22.4 Å². The SMILES string of the molecule is CCCCCCC(P)(CCCCCC)CCCCCC.O=C(O)C(F)(F)F. The fourth-order valence-corrected chi connectivity index (χ4v) is 3.70. The van der Waals surface area contributed by atoms with Gasteiger partial charge in [0.1, 0.15) is 0 Å². The number of hydrogen-bond acceptors (Lipinski definition) is 1. The summed E-state index contributed by atoms with van der Waals surface area (Å²) < 4.78 is 31.7. The zero-order valence-corrected chi connectivity index (χ0v) is 18.8. The van der Waals surface area contributed by atoms with Crippen LogP contribution >= 0.6 is 9.24 Å². The fourth-order valence-electron chi connectivity index (χ4n) is 3.09. The Labute approximate surface area is 167 Å². The standard InChI is InChI=1S/C19H41P.C2HF3O2/c1-4-7-10-13-16-19(20,17-14-11-8-5-2)18-15-12-9-6-3;3-2(4,5)1(6)7/h4-18,20H2,1-3H3;(H,6,7). The molecule has 0 aromatic rings. The third kappa shape index (κ3) is 20.2. The van der Waals surface area contributed by atoms with Gasteiger partial charge in [-0.3, -0.25) is 0 Å². The van der Waals surface area contributed by atoms with Crippen molar-refractivity contribution in [2.75, 3.05) is 0 Å². The van der Waals surface area contributed by atoms with Gasteiger partial charge in [0, 0.05) is 0 Å². The van der Waals surface area contributed by atoms with E-state index in [0.29, 0.717) is 5.16 Å². The zero-order chi connectivity index (χ0) is 21.2. The highest BCUT2D eigenvalue weighted by molar-refractivity contribution is 7.19. The molecule has 0 aromatic heterocycles. The topological polar surface area (TPSA) is 37.3 Å². The second-order valence-electron chi connectivity index (χ2n) is 7.60. The highest BCUT2D eigenvalue weighted by Crippen LogP contribution is 2.37. The molecule has 0 aliphatic rings. The van der Waals surface area contributed by atoms with E-state index in [-0.39, 0.29) is 0 Å². The quantitative estimate of drug-likeness (QED) is 0.217. The van der Waals surface area contributed by atoms with Crippen LogP contribution in [-0.2, 0) is 4.79 Å². The lowest BCUT2D eigenvalue weighted by Gasteiger charge is -2.30. The Bertz CT molecular complexity index is 316. The highest BCUT2D eigenvalue weighted by Gasteiger charge is 2.38. The van der Waals surface area contributed by atoms with Crippen molar-refractivity contribution in [3.05, 3.63) is 0 Å². The highest BCUT2D eigenvalue weighted by atomic mass is 31.0. The van der Waals surface area contributed by atoms with Gasteiger partial charge >= 0.3 is 12.1 Å². The van der Waals surface area contributed by atoms with Gasteiger partial charge < -0.3 is 5.11 Å². The number of carbonyl (C=O) groups is 1. The summed E-state index contributed by atoms with van der Waals surface area (Å²) in [6.45, 7) is 6.93. The Kier molecular flexibility index (Phi) is 19.0. The minimum Gasteiger partial charge on any atom is -0.475 e. The van der Waals surface area contributed by atoms with Crippen molar-refractivity contribution in [1.29, 1.82) is 0 Å². The van der Waals surface area contributed by atoms with Gasteiger partial charge in [0.15, 0.2) is 0 Å². The summed E-state index contributed by atoms with van der Waals surface area (Å²) in [6, 6.07) is 0. The zero-order valence-electron chi connectivity index (χ0n) is 17.7. The molecule has 0 heterocycles. The smallest absolute Gasteiger partial charge is 0.475 e. The van der Waals surface area contributed by atoms with Crippen LogP contribution in [0.3, 0.4) is 0 Å². The van der Waals surface area contributed by atoms with Crippen LogP contribution in [0.4, 0.5) is 13.2 Å². The number of halogens is 3. The average molecular weight is 415 g/mol. The molecule has 0 spiro atoms. The van der Waals surface area contributed by atoms with Crippen molar-refractivity contribution in [3.8, 4) is 0 Å². The molecule has 0 bridgehead atoms. The van der Waals surface area contributed by atoms with E-state index in [0.717, 1.165) is 0 Å². The first kappa shape index (κ1) is 28.9. The number of rotatable bonds is 15. The molecule has 0 fully saturated rings. The molecule has 0 saturated carbocycles. The van der Waals surface area contributed by atoms with Crippen molar-refractivity contribution in [2.45, 2.75) is 128 Å². The molecule has 1 N–H and O–H groups in total. The third-order valence-corrected chi connectivity index (χ3v) is 5.69. The van der Waals surface area contributed by atoms with Crippen LogP contribution in [0.1, 0.15) is 117 Å². The molecule has 0 saturated heterocycles. The van der Waals surface area contributed by atoms with Gasteiger partial charge in [-0.25, -0.2) is 4.79 Å². The van der Waals surface area contributed by atoms with E-state index in [1.807, 2.05) is 0 Å². The largest absolute Gasteiger partial charge is 0.490 e. The first-order valence-electron chi connectivity index (χ1n) is 10.7. The van der Waals surface area contributed by atoms with E-state index in [1.165, 1.54) is 96.3 Å². The second-order valence-corrected chi connectivity index (χ2v) is 8.82. The van der Waals surface area contributed by atoms with Gasteiger partial charge in [0.2, 0.25) is 0 Å². The van der Waals surface area contributed by atoms with Crippen LogP contribution in [0.2, 0.25) is 0 Å². The van der Waals surface area contributed by atoms with E-state index in [4.69, 9.17) is 9.90 Å². The van der Waals surface area contributed by atoms with Crippen molar-refractivity contribution >= 4 is 15.2 Å². The molecular formula is C21H42F3O2P. The molecule has 27 heavy (non-hydrogen) atoms. The molecule has 6 heteroatoms. The van der Waals surface area contributed by atoms with Gasteiger partial charge in [-0.1, -0.05) is 97.8 Å². The van der Waals surface area contributed by atoms with Crippen molar-refractivity contribution in [2.24, 2.45) is 0 Å². The molecule has 0 rings (SSSR count). The lowest BCUT2D eigenvalue weighted by Crippen LogP contribution is -2.21. The van der Waals surface area contributed by atoms with Gasteiger partial charge in [-0.05, 0) is 24.4 Å². The minimum absolute atomic E-state index is 0.565. The molecule has 2 nitrogen and oxygen atoms in total. The number of carboxylic acids is 1. The summed E-state index contributed by atoms with van der Waals surface area (Å²) in [7, 11) is 3.27. The summed E-state index contributed by atoms with van der Waals surface area (Å²) in [5.41, 5.74) is 0. The van der Waals surface area contributed by atoms with E-state index in [2.05, 4.69) is 30.0 Å². The van der Waals surface area contributed by atoms with Gasteiger partial charge in [-0.15, -0.1) is 9.24 Å². The maximum Gasteiger partial charge on any atom is 0.490 e. The van der Waals surface area contributed by atoms with E-state index in [9.17, 15) is 13.2 Å². The summed E-state index contributed by atoms with van der Waals surface area (Å²) in [5, 5.41) is 7.69. The Balaban J connectivity index is 0. The Morgan fingerprint density at radius 1 is 0.704 bits per heavy atom. The number of unbranched alkanes of at least 4 members (excludes halogenated alkanes) is 9. The van der Waals surface area contributed by atoms with Crippen LogP contribution in [0.15, 0.2) is 0 Å². The number of hydrogen-bond donors (Lipinski definition) is 1. The van der Waals surface area contributed by atoms with E-state index in [1.54, 1.807) is 0 Å². The van der Waals surface area contributed by atoms with Crippen molar-refractivity contribution in [3.63, 3.8) is 0 Å². The molecule has 0 radical (unpaired) electrons. The van der Waals surface area contributed by atoms with E-state index >= 15 is 0 Å². The third-order valence-electron chi connectivity index (χ3n) is 4.83. The summed E-state index contributed by atoms with van der Waals surface area (Å²) in [5.74, 6) is -2.76. The van der Waals surface area contributed by atoms with Crippen LogP contribution in [0, 0.1) is 0 Å². The number of aliphatic carboxylic acids is 1.